The van der Waals surface area contributed by atoms with Crippen molar-refractivity contribution in [3.05, 3.63) is 24.2 Å². The second-order valence-corrected chi connectivity index (χ2v) is 8.46. The van der Waals surface area contributed by atoms with Gasteiger partial charge >= 0.3 is 0 Å². The van der Waals surface area contributed by atoms with E-state index in [1.54, 1.807) is 22.9 Å². The largest absolute Gasteiger partial charge is 0.468 e. The van der Waals surface area contributed by atoms with Crippen LogP contribution in [-0.2, 0) is 14.8 Å². The monoisotopic (exact) mass is 332 g/mol. The number of carbonyl (C=O) groups is 1. The molecule has 1 aromatic heterocycles. The molecule has 2 heterocycles. The highest BCUT2D eigenvalue weighted by Crippen LogP contribution is 2.34. The van der Waals surface area contributed by atoms with E-state index in [0.717, 1.165) is 28.5 Å². The Morgan fingerprint density at radius 1 is 1.52 bits per heavy atom. The number of amides is 1. The number of carbonyl (C=O) groups excluding carboxylic acids is 1. The van der Waals surface area contributed by atoms with Crippen LogP contribution >= 0.6 is 11.8 Å². The Labute approximate surface area is 129 Å². The van der Waals surface area contributed by atoms with E-state index in [1.165, 1.54) is 7.05 Å². The molecule has 1 aliphatic heterocycles. The van der Waals surface area contributed by atoms with Gasteiger partial charge in [0, 0.05) is 25.9 Å². The van der Waals surface area contributed by atoms with Crippen molar-refractivity contribution in [2.45, 2.75) is 11.7 Å². The molecule has 0 saturated carbocycles. The fraction of sp³-hybridized carbons (Fsp3) is 0.615. The molecule has 0 N–H and O–H groups in total. The Hall–Kier alpha value is -0.990. The summed E-state index contributed by atoms with van der Waals surface area (Å²) in [5, 5.41) is 0.255. The Kier molecular flexibility index (Phi) is 5.34. The number of likely N-dealkylation sites (N-methyl/N-ethyl adjacent to an activating group) is 1. The van der Waals surface area contributed by atoms with Crippen molar-refractivity contribution in [1.82, 2.24) is 9.21 Å². The summed E-state index contributed by atoms with van der Waals surface area (Å²) in [5.74, 6) is 1.60. The third-order valence-corrected chi connectivity index (χ3v) is 6.03. The molecule has 6 nitrogen and oxygen atoms in total. The van der Waals surface area contributed by atoms with Gasteiger partial charge in [-0.2, -0.15) is 4.31 Å². The van der Waals surface area contributed by atoms with Crippen molar-refractivity contribution in [2.75, 3.05) is 38.7 Å². The van der Waals surface area contributed by atoms with Crippen molar-refractivity contribution < 1.29 is 17.6 Å². The molecule has 1 aromatic rings. The zero-order valence-electron chi connectivity index (χ0n) is 12.2. The van der Waals surface area contributed by atoms with Crippen LogP contribution in [0.2, 0.25) is 0 Å². The van der Waals surface area contributed by atoms with Crippen LogP contribution in [0.1, 0.15) is 17.4 Å². The van der Waals surface area contributed by atoms with Gasteiger partial charge in [0.15, 0.2) is 0 Å². The summed E-state index contributed by atoms with van der Waals surface area (Å²) in [6.45, 7) is 1.15. The summed E-state index contributed by atoms with van der Waals surface area (Å²) >= 11 is 1.77. The molecule has 0 aromatic carbocycles. The summed E-state index contributed by atoms with van der Waals surface area (Å²) in [4.78, 5) is 13.9. The SMILES string of the molecule is CN(CC(=O)N1CCSC(c2ccco2)CC1)S(C)(=O)=O. The van der Waals surface area contributed by atoms with Crippen LogP contribution in [0.4, 0.5) is 0 Å². The van der Waals surface area contributed by atoms with Crippen LogP contribution in [0.15, 0.2) is 22.8 Å². The number of thioether (sulfide) groups is 1. The molecule has 0 aliphatic carbocycles. The van der Waals surface area contributed by atoms with Crippen LogP contribution in [0, 0.1) is 0 Å². The number of rotatable bonds is 4. The van der Waals surface area contributed by atoms with Crippen LogP contribution in [-0.4, -0.2) is 62.2 Å². The zero-order chi connectivity index (χ0) is 15.5. The molecular weight excluding hydrogens is 312 g/mol. The van der Waals surface area contributed by atoms with E-state index < -0.39 is 10.0 Å². The molecule has 0 spiro atoms. The Morgan fingerprint density at radius 2 is 2.29 bits per heavy atom. The molecule has 8 heteroatoms. The second-order valence-electron chi connectivity index (χ2n) is 5.06. The summed E-state index contributed by atoms with van der Waals surface area (Å²) in [7, 11) is -1.90. The van der Waals surface area contributed by atoms with Gasteiger partial charge in [-0.15, -0.1) is 11.8 Å². The Bertz CT molecular complexity index is 571. The molecule has 1 aliphatic rings. The van der Waals surface area contributed by atoms with Gasteiger partial charge < -0.3 is 9.32 Å². The molecule has 1 atom stereocenters. The Balaban J connectivity index is 1.92. The maximum absolute atomic E-state index is 12.2. The summed E-state index contributed by atoms with van der Waals surface area (Å²) in [6, 6.07) is 3.82. The molecule has 0 bridgehead atoms. The van der Waals surface area contributed by atoms with Crippen LogP contribution in [0.25, 0.3) is 0 Å². The average Bonchev–Trinajstić information content (AvgIpc) is 2.82. The van der Waals surface area contributed by atoms with Gasteiger partial charge in [-0.3, -0.25) is 4.79 Å². The van der Waals surface area contributed by atoms with Crippen LogP contribution < -0.4 is 0 Å². The zero-order valence-corrected chi connectivity index (χ0v) is 13.8. The number of furan rings is 1. The van der Waals surface area contributed by atoms with Crippen molar-refractivity contribution in [3.63, 3.8) is 0 Å². The molecule has 1 fully saturated rings. The number of nitrogens with zero attached hydrogens (tertiary/aromatic N) is 2. The molecule has 1 amide bonds. The first-order valence-corrected chi connectivity index (χ1v) is 9.61. The number of hydrogen-bond acceptors (Lipinski definition) is 5. The van der Waals surface area contributed by atoms with Gasteiger partial charge in [0.2, 0.25) is 15.9 Å². The van der Waals surface area contributed by atoms with Crippen molar-refractivity contribution in [3.8, 4) is 0 Å². The average molecular weight is 332 g/mol. The van der Waals surface area contributed by atoms with E-state index in [1.807, 2.05) is 12.1 Å². The highest BCUT2D eigenvalue weighted by atomic mass is 32.2. The van der Waals surface area contributed by atoms with Gasteiger partial charge in [0.25, 0.3) is 0 Å². The highest BCUT2D eigenvalue weighted by molar-refractivity contribution is 7.99. The number of hydrogen-bond donors (Lipinski definition) is 0. The molecular formula is C13H20N2O4S2. The first-order valence-electron chi connectivity index (χ1n) is 6.72. The number of sulfonamides is 1. The lowest BCUT2D eigenvalue weighted by Gasteiger charge is -2.23. The van der Waals surface area contributed by atoms with E-state index in [0.29, 0.717) is 13.1 Å². The van der Waals surface area contributed by atoms with Crippen LogP contribution in [0.3, 0.4) is 0 Å². The fourth-order valence-electron chi connectivity index (χ4n) is 2.13. The van der Waals surface area contributed by atoms with Gasteiger partial charge in [-0.1, -0.05) is 0 Å². The minimum Gasteiger partial charge on any atom is -0.468 e. The van der Waals surface area contributed by atoms with Crippen molar-refractivity contribution >= 4 is 27.7 Å². The molecule has 2 rings (SSSR count). The summed E-state index contributed by atoms with van der Waals surface area (Å²) in [5.41, 5.74) is 0. The minimum atomic E-state index is -3.33. The maximum atomic E-state index is 12.2. The predicted molar refractivity (Wildman–Crippen MR) is 82.6 cm³/mol. The van der Waals surface area contributed by atoms with E-state index in [4.69, 9.17) is 4.42 Å². The molecule has 21 heavy (non-hydrogen) atoms. The van der Waals surface area contributed by atoms with Crippen molar-refractivity contribution in [1.29, 1.82) is 0 Å². The topological polar surface area (TPSA) is 70.8 Å². The first-order chi connectivity index (χ1) is 9.88. The van der Waals surface area contributed by atoms with Gasteiger partial charge in [-0.25, -0.2) is 8.42 Å². The van der Waals surface area contributed by atoms with Crippen LogP contribution in [0.5, 0.6) is 0 Å². The second kappa shape index (κ2) is 6.85. The minimum absolute atomic E-state index is 0.102. The molecule has 1 saturated heterocycles. The van der Waals surface area contributed by atoms with Gasteiger partial charge in [-0.05, 0) is 18.6 Å². The lowest BCUT2D eigenvalue weighted by atomic mass is 10.2. The third kappa shape index (κ3) is 4.49. The molecule has 1 unspecified atom stereocenters. The van der Waals surface area contributed by atoms with Gasteiger partial charge in [0.05, 0.1) is 24.3 Å². The maximum Gasteiger partial charge on any atom is 0.237 e. The van der Waals surface area contributed by atoms with E-state index >= 15 is 0 Å². The third-order valence-electron chi connectivity index (χ3n) is 3.48. The normalized spacial score (nSPS) is 20.5. The standard InChI is InChI=1S/C13H20N2O4S2/c1-14(21(2,17)18)10-13(16)15-6-5-12(20-9-7-15)11-4-3-8-19-11/h3-4,8,12H,5-7,9-10H2,1-2H3. The smallest absolute Gasteiger partial charge is 0.237 e. The quantitative estimate of drug-likeness (QED) is 0.828. The predicted octanol–water partition coefficient (Wildman–Crippen LogP) is 1.18. The van der Waals surface area contributed by atoms with Gasteiger partial charge in [0.1, 0.15) is 5.76 Å². The first kappa shape index (κ1) is 16.4. The van der Waals surface area contributed by atoms with Crippen molar-refractivity contribution in [2.24, 2.45) is 0 Å². The van der Waals surface area contributed by atoms with E-state index in [-0.39, 0.29) is 17.7 Å². The molecule has 118 valence electrons. The highest BCUT2D eigenvalue weighted by Gasteiger charge is 2.25. The fourth-order valence-corrected chi connectivity index (χ4v) is 3.66. The lowest BCUT2D eigenvalue weighted by Crippen LogP contribution is -2.41. The lowest BCUT2D eigenvalue weighted by molar-refractivity contribution is -0.131. The Morgan fingerprint density at radius 3 is 2.90 bits per heavy atom. The summed E-state index contributed by atoms with van der Waals surface area (Å²) in [6.07, 6.45) is 3.57. The molecule has 0 radical (unpaired) electrons. The van der Waals surface area contributed by atoms with E-state index in [2.05, 4.69) is 0 Å². The summed E-state index contributed by atoms with van der Waals surface area (Å²) < 4.78 is 29.2. The van der Waals surface area contributed by atoms with E-state index in [9.17, 15) is 13.2 Å².